The summed E-state index contributed by atoms with van der Waals surface area (Å²) in [7, 11) is 0. The van der Waals surface area contributed by atoms with Crippen LogP contribution in [0.2, 0.25) is 0 Å². The van der Waals surface area contributed by atoms with Crippen LogP contribution in [0.3, 0.4) is 0 Å². The zero-order valence-electron chi connectivity index (χ0n) is 14.4. The van der Waals surface area contributed by atoms with Crippen molar-refractivity contribution >= 4 is 17.7 Å². The van der Waals surface area contributed by atoms with Gasteiger partial charge in [0.2, 0.25) is 0 Å². The van der Waals surface area contributed by atoms with E-state index in [0.717, 1.165) is 5.56 Å². The number of hydrogen-bond donors (Lipinski definition) is 1. The number of para-hydroxylation sites is 1. The maximum absolute atomic E-state index is 11.1. The highest BCUT2D eigenvalue weighted by molar-refractivity contribution is 5.86. The number of nitrogens with zero attached hydrogens (tertiary/aromatic N) is 1. The highest BCUT2D eigenvalue weighted by Gasteiger charge is 2.18. The molecule has 7 heteroatoms. The molecule has 0 aliphatic heterocycles. The van der Waals surface area contributed by atoms with E-state index in [1.165, 1.54) is 6.07 Å². The van der Waals surface area contributed by atoms with Gasteiger partial charge in [-0.1, -0.05) is 36.4 Å². The smallest absolute Gasteiger partial charge is 0.302 e. The largest absolute Gasteiger partial charge is 0.379 e. The van der Waals surface area contributed by atoms with Crippen molar-refractivity contribution in [3.05, 3.63) is 69.8 Å². The molecule has 0 unspecified atom stereocenters. The molecule has 1 N–H and O–H groups in total. The van der Waals surface area contributed by atoms with Gasteiger partial charge in [0.1, 0.15) is 5.69 Å². The number of ether oxygens (including phenoxy) is 2. The fraction of sp³-hybridized carbons (Fsp3) is 0.316. The topological polar surface area (TPSA) is 90.7 Å². The average molecular weight is 358 g/mol. The number of benzene rings is 2. The van der Waals surface area contributed by atoms with E-state index in [2.05, 4.69) is 5.32 Å². The highest BCUT2D eigenvalue weighted by atomic mass is 16.6. The summed E-state index contributed by atoms with van der Waals surface area (Å²) in [6.07, 6.45) is 1.17. The van der Waals surface area contributed by atoms with Crippen molar-refractivity contribution in [1.29, 1.82) is 0 Å². The Morgan fingerprint density at radius 1 is 1.00 bits per heavy atom. The van der Waals surface area contributed by atoms with Crippen LogP contribution in [0.1, 0.15) is 22.3 Å². The molecule has 0 aromatic heterocycles. The molecule has 0 fully saturated rings. The normalized spacial score (nSPS) is 10.5. The van der Waals surface area contributed by atoms with Gasteiger partial charge in [-0.25, -0.2) is 0 Å². The second kappa shape index (κ2) is 11.0. The van der Waals surface area contributed by atoms with Crippen LogP contribution in [-0.4, -0.2) is 37.6 Å². The summed E-state index contributed by atoms with van der Waals surface area (Å²) in [6, 6.07) is 14.5. The van der Waals surface area contributed by atoms with Gasteiger partial charge in [-0.2, -0.15) is 0 Å². The van der Waals surface area contributed by atoms with Gasteiger partial charge in [0.05, 0.1) is 30.3 Å². The molecule has 0 saturated heterocycles. The maximum Gasteiger partial charge on any atom is 0.302 e. The Labute approximate surface area is 152 Å². The van der Waals surface area contributed by atoms with Gasteiger partial charge in [-0.3, -0.25) is 14.9 Å². The number of nitrogens with one attached hydrogen (secondary N) is 1. The molecule has 0 atom stereocenters. The molecule has 0 aliphatic rings. The lowest BCUT2D eigenvalue weighted by Gasteiger charge is -2.09. The van der Waals surface area contributed by atoms with Crippen LogP contribution >= 0.6 is 0 Å². The summed E-state index contributed by atoms with van der Waals surface area (Å²) < 4.78 is 11.0. The maximum atomic E-state index is 11.1. The van der Waals surface area contributed by atoms with Crippen LogP contribution in [-0.2, 0) is 16.1 Å². The first kappa shape index (κ1) is 19.6. The van der Waals surface area contributed by atoms with Gasteiger partial charge in [0.25, 0.3) is 0 Å². The molecule has 7 nitrogen and oxygen atoms in total. The summed E-state index contributed by atoms with van der Waals surface area (Å²) in [6.45, 7) is 2.59. The first-order valence-electron chi connectivity index (χ1n) is 8.38. The minimum Gasteiger partial charge on any atom is -0.379 e. The number of anilines is 1. The third-order valence-electron chi connectivity index (χ3n) is 3.64. The van der Waals surface area contributed by atoms with E-state index in [0.29, 0.717) is 51.4 Å². The quantitative estimate of drug-likeness (QED) is 0.270. The Hall–Kier alpha value is -2.77. The summed E-state index contributed by atoms with van der Waals surface area (Å²) in [5, 5.41) is 14.1. The fourth-order valence-electron chi connectivity index (χ4n) is 2.38. The first-order chi connectivity index (χ1) is 12.7. The van der Waals surface area contributed by atoms with Crippen molar-refractivity contribution in [2.45, 2.75) is 13.0 Å². The van der Waals surface area contributed by atoms with Crippen LogP contribution in [0.15, 0.2) is 48.5 Å². The minimum atomic E-state index is -0.549. The van der Waals surface area contributed by atoms with E-state index in [1.807, 2.05) is 30.3 Å². The lowest BCUT2D eigenvalue weighted by atomic mass is 10.1. The van der Waals surface area contributed by atoms with Crippen LogP contribution in [0, 0.1) is 10.1 Å². The number of nitro groups is 1. The molecule has 138 valence electrons. The average Bonchev–Trinajstić information content (AvgIpc) is 2.67. The number of aldehydes is 1. The Morgan fingerprint density at radius 2 is 1.77 bits per heavy atom. The van der Waals surface area contributed by atoms with Crippen molar-refractivity contribution in [1.82, 2.24) is 0 Å². The first-order valence-corrected chi connectivity index (χ1v) is 8.38. The second-order valence-corrected chi connectivity index (χ2v) is 5.55. The van der Waals surface area contributed by atoms with Gasteiger partial charge in [-0.15, -0.1) is 0 Å². The number of carbonyl (C=O) groups excluding carboxylic acids is 1. The molecular formula is C19H22N2O5. The fourth-order valence-corrected chi connectivity index (χ4v) is 2.38. The Kier molecular flexibility index (Phi) is 8.25. The zero-order valence-corrected chi connectivity index (χ0v) is 14.4. The van der Waals surface area contributed by atoms with Gasteiger partial charge in [0.15, 0.2) is 6.29 Å². The number of nitro benzene ring substituents is 1. The lowest BCUT2D eigenvalue weighted by molar-refractivity contribution is -0.384. The SMILES string of the molecule is O=Cc1cccc(NCCCOCCOCc2ccccc2)c1[N+](=O)[O-]. The van der Waals surface area contributed by atoms with Crippen LogP contribution < -0.4 is 5.32 Å². The molecule has 2 aromatic carbocycles. The third kappa shape index (κ3) is 6.27. The monoisotopic (exact) mass is 358 g/mol. The van der Waals surface area contributed by atoms with E-state index in [-0.39, 0.29) is 11.3 Å². The van der Waals surface area contributed by atoms with E-state index < -0.39 is 4.92 Å². The van der Waals surface area contributed by atoms with Gasteiger partial charge >= 0.3 is 5.69 Å². The van der Waals surface area contributed by atoms with Gasteiger partial charge in [0, 0.05) is 13.2 Å². The van der Waals surface area contributed by atoms with Crippen molar-refractivity contribution in [3.8, 4) is 0 Å². The molecule has 0 bridgehead atoms. The lowest BCUT2D eigenvalue weighted by Crippen LogP contribution is -2.10. The zero-order chi connectivity index (χ0) is 18.6. The van der Waals surface area contributed by atoms with Crippen molar-refractivity contribution in [3.63, 3.8) is 0 Å². The van der Waals surface area contributed by atoms with Crippen molar-refractivity contribution < 1.29 is 19.2 Å². The summed E-state index contributed by atoms with van der Waals surface area (Å²) in [5.41, 5.74) is 1.33. The van der Waals surface area contributed by atoms with E-state index in [1.54, 1.807) is 12.1 Å². The highest BCUT2D eigenvalue weighted by Crippen LogP contribution is 2.27. The van der Waals surface area contributed by atoms with Gasteiger partial charge < -0.3 is 14.8 Å². The summed E-state index contributed by atoms with van der Waals surface area (Å²) in [5.74, 6) is 0. The van der Waals surface area contributed by atoms with Crippen LogP contribution in [0.5, 0.6) is 0 Å². The van der Waals surface area contributed by atoms with E-state index >= 15 is 0 Å². The van der Waals surface area contributed by atoms with Crippen LogP contribution in [0.25, 0.3) is 0 Å². The molecule has 0 spiro atoms. The molecule has 2 rings (SSSR count). The third-order valence-corrected chi connectivity index (χ3v) is 3.64. The van der Waals surface area contributed by atoms with Gasteiger partial charge in [-0.05, 0) is 24.1 Å². The number of rotatable bonds is 12. The van der Waals surface area contributed by atoms with Crippen LogP contribution in [0.4, 0.5) is 11.4 Å². The Bertz CT molecular complexity index is 706. The molecule has 2 aromatic rings. The molecule has 0 aliphatic carbocycles. The molecule has 26 heavy (non-hydrogen) atoms. The number of hydrogen-bond acceptors (Lipinski definition) is 6. The standard InChI is InChI=1S/C19H22N2O5/c22-14-17-8-4-9-18(19(17)21(23)24)20-10-5-11-25-12-13-26-15-16-6-2-1-3-7-16/h1-4,6-9,14,20H,5,10-13,15H2. The summed E-state index contributed by atoms with van der Waals surface area (Å²) >= 11 is 0. The molecular weight excluding hydrogens is 336 g/mol. The predicted molar refractivity (Wildman–Crippen MR) is 98.5 cm³/mol. The Balaban J connectivity index is 1.60. The molecule has 0 amide bonds. The minimum absolute atomic E-state index is 0.0619. The molecule has 0 saturated carbocycles. The van der Waals surface area contributed by atoms with E-state index in [9.17, 15) is 14.9 Å². The second-order valence-electron chi connectivity index (χ2n) is 5.55. The van der Waals surface area contributed by atoms with E-state index in [4.69, 9.17) is 9.47 Å². The van der Waals surface area contributed by atoms with Crippen molar-refractivity contribution in [2.75, 3.05) is 31.7 Å². The predicted octanol–water partition coefficient (Wildman–Crippen LogP) is 3.44. The summed E-state index contributed by atoms with van der Waals surface area (Å²) in [4.78, 5) is 21.5. The van der Waals surface area contributed by atoms with Crippen molar-refractivity contribution in [2.24, 2.45) is 0 Å². The number of carbonyl (C=O) groups is 1. The molecule has 0 heterocycles. The molecule has 0 radical (unpaired) electrons. The Morgan fingerprint density at radius 3 is 2.50 bits per heavy atom.